The molecule has 0 atom stereocenters. The zero-order chi connectivity index (χ0) is 16.9. The van der Waals surface area contributed by atoms with E-state index in [-0.39, 0.29) is 0 Å². The molecule has 0 saturated carbocycles. The van der Waals surface area contributed by atoms with Gasteiger partial charge in [-0.05, 0) is 42.3 Å². The van der Waals surface area contributed by atoms with Gasteiger partial charge in [-0.3, -0.25) is 0 Å². The van der Waals surface area contributed by atoms with Crippen molar-refractivity contribution in [2.45, 2.75) is 17.8 Å². The van der Waals surface area contributed by atoms with Crippen molar-refractivity contribution in [1.82, 2.24) is 14.9 Å². The van der Waals surface area contributed by atoms with Gasteiger partial charge in [0.1, 0.15) is 0 Å². The Labute approximate surface area is 158 Å². The highest BCUT2D eigenvalue weighted by Crippen LogP contribution is 2.23. The zero-order valence-corrected chi connectivity index (χ0v) is 16.0. The molecule has 3 aromatic rings. The number of thioether (sulfide) groups is 1. The fourth-order valence-electron chi connectivity index (χ4n) is 1.96. The number of hydrogen-bond donors (Lipinski definition) is 0. The van der Waals surface area contributed by atoms with Gasteiger partial charge in [0.15, 0.2) is 5.82 Å². The van der Waals surface area contributed by atoms with Crippen LogP contribution in [0.4, 0.5) is 0 Å². The van der Waals surface area contributed by atoms with Crippen LogP contribution in [-0.2, 0) is 5.75 Å². The number of rotatable bonds is 5. The summed E-state index contributed by atoms with van der Waals surface area (Å²) in [6.07, 6.45) is 1.77. The van der Waals surface area contributed by atoms with Crippen LogP contribution in [0.5, 0.6) is 0 Å². The van der Waals surface area contributed by atoms with Gasteiger partial charge in [0, 0.05) is 15.2 Å². The lowest BCUT2D eigenvalue weighted by atomic mass is 10.2. The summed E-state index contributed by atoms with van der Waals surface area (Å²) in [5.41, 5.74) is 2.19. The fourth-order valence-corrected chi connectivity index (χ4v) is 3.24. The Kier molecular flexibility index (Phi) is 5.71. The van der Waals surface area contributed by atoms with E-state index in [1.807, 2.05) is 43.3 Å². The van der Waals surface area contributed by atoms with E-state index in [0.29, 0.717) is 5.02 Å². The summed E-state index contributed by atoms with van der Waals surface area (Å²) in [6, 6.07) is 15.7. The molecule has 1 heterocycles. The predicted octanol–water partition coefficient (Wildman–Crippen LogP) is 5.18. The van der Waals surface area contributed by atoms with Crippen LogP contribution in [0.25, 0.3) is 0 Å². The Balaban J connectivity index is 1.73. The molecular formula is C17H14BrClN4S. The van der Waals surface area contributed by atoms with E-state index in [0.717, 1.165) is 26.8 Å². The number of aromatic nitrogens is 3. The van der Waals surface area contributed by atoms with Crippen LogP contribution in [0.3, 0.4) is 0 Å². The van der Waals surface area contributed by atoms with Crippen LogP contribution in [0.2, 0.25) is 5.02 Å². The minimum atomic E-state index is 0.707. The van der Waals surface area contributed by atoms with Gasteiger partial charge in [-0.25, -0.2) is 0 Å². The van der Waals surface area contributed by atoms with Crippen molar-refractivity contribution < 1.29 is 0 Å². The first-order valence-corrected chi connectivity index (χ1v) is 9.36. The maximum atomic E-state index is 5.90. The maximum absolute atomic E-state index is 5.90. The van der Waals surface area contributed by atoms with Crippen LogP contribution < -0.4 is 0 Å². The second-order valence-electron chi connectivity index (χ2n) is 5.05. The van der Waals surface area contributed by atoms with E-state index >= 15 is 0 Å². The van der Waals surface area contributed by atoms with Gasteiger partial charge in [-0.15, -0.1) is 10.2 Å². The number of aryl methyl sites for hydroxylation is 1. The van der Waals surface area contributed by atoms with Crippen molar-refractivity contribution in [3.8, 4) is 0 Å². The Morgan fingerprint density at radius 1 is 1.12 bits per heavy atom. The molecule has 0 radical (unpaired) electrons. The molecule has 0 amide bonds. The predicted molar refractivity (Wildman–Crippen MR) is 103 cm³/mol. The second kappa shape index (κ2) is 7.96. The number of nitrogens with zero attached hydrogens (tertiary/aromatic N) is 4. The Morgan fingerprint density at radius 3 is 2.54 bits per heavy atom. The Bertz CT molecular complexity index is 844. The molecule has 4 nitrogen and oxygen atoms in total. The topological polar surface area (TPSA) is 43.1 Å². The Hall–Kier alpha value is -1.63. The van der Waals surface area contributed by atoms with Gasteiger partial charge in [0.25, 0.3) is 0 Å². The van der Waals surface area contributed by atoms with Crippen molar-refractivity contribution in [2.24, 2.45) is 5.10 Å². The van der Waals surface area contributed by atoms with Crippen molar-refractivity contribution in [3.05, 3.63) is 75.0 Å². The fraction of sp³-hybridized carbons (Fsp3) is 0.118. The zero-order valence-electron chi connectivity index (χ0n) is 12.9. The van der Waals surface area contributed by atoms with E-state index in [2.05, 4.69) is 43.4 Å². The highest BCUT2D eigenvalue weighted by Gasteiger charge is 2.08. The molecule has 0 bridgehead atoms. The molecule has 7 heteroatoms. The molecule has 2 aromatic carbocycles. The molecule has 0 saturated heterocycles. The third kappa shape index (κ3) is 4.47. The van der Waals surface area contributed by atoms with Crippen LogP contribution in [0.15, 0.2) is 63.3 Å². The van der Waals surface area contributed by atoms with Gasteiger partial charge in [0.2, 0.25) is 5.16 Å². The van der Waals surface area contributed by atoms with Crippen LogP contribution in [-0.4, -0.2) is 21.1 Å². The lowest BCUT2D eigenvalue weighted by molar-refractivity contribution is 0.744. The molecule has 0 N–H and O–H groups in total. The SMILES string of the molecule is Cc1nnc(SCc2ccc(Br)cc2)n1/N=C/c1ccc(Cl)cc1. The molecule has 0 unspecified atom stereocenters. The maximum Gasteiger partial charge on any atom is 0.212 e. The summed E-state index contributed by atoms with van der Waals surface area (Å²) in [5, 5.41) is 14.3. The first kappa shape index (κ1) is 17.2. The van der Waals surface area contributed by atoms with Crippen molar-refractivity contribution in [3.63, 3.8) is 0 Å². The van der Waals surface area contributed by atoms with Gasteiger partial charge >= 0.3 is 0 Å². The highest BCUT2D eigenvalue weighted by molar-refractivity contribution is 9.10. The summed E-state index contributed by atoms with van der Waals surface area (Å²) in [6.45, 7) is 1.88. The molecule has 24 heavy (non-hydrogen) atoms. The van der Waals surface area contributed by atoms with E-state index < -0.39 is 0 Å². The summed E-state index contributed by atoms with van der Waals surface area (Å²) in [7, 11) is 0. The van der Waals surface area contributed by atoms with E-state index in [1.54, 1.807) is 22.7 Å². The van der Waals surface area contributed by atoms with Gasteiger partial charge < -0.3 is 0 Å². The third-order valence-electron chi connectivity index (χ3n) is 3.24. The molecular weight excluding hydrogens is 408 g/mol. The number of hydrogen-bond acceptors (Lipinski definition) is 4. The van der Waals surface area contributed by atoms with Gasteiger partial charge in [-0.2, -0.15) is 9.78 Å². The molecule has 3 rings (SSSR count). The number of halogens is 2. The number of benzene rings is 2. The van der Waals surface area contributed by atoms with Crippen molar-refractivity contribution in [2.75, 3.05) is 0 Å². The Morgan fingerprint density at radius 2 is 1.83 bits per heavy atom. The molecule has 0 spiro atoms. The minimum absolute atomic E-state index is 0.707. The van der Waals surface area contributed by atoms with E-state index in [9.17, 15) is 0 Å². The molecule has 122 valence electrons. The van der Waals surface area contributed by atoms with Crippen LogP contribution in [0.1, 0.15) is 17.0 Å². The molecule has 0 aliphatic rings. The summed E-state index contributed by atoms with van der Waals surface area (Å²) >= 11 is 10.9. The monoisotopic (exact) mass is 420 g/mol. The largest absolute Gasteiger partial charge is 0.212 e. The molecule has 1 aromatic heterocycles. The second-order valence-corrected chi connectivity index (χ2v) is 7.35. The first-order chi connectivity index (χ1) is 11.6. The smallest absolute Gasteiger partial charge is 0.192 e. The lowest BCUT2D eigenvalue weighted by Gasteiger charge is -2.03. The van der Waals surface area contributed by atoms with Gasteiger partial charge in [-0.1, -0.05) is 63.6 Å². The van der Waals surface area contributed by atoms with Crippen molar-refractivity contribution >= 4 is 45.5 Å². The normalized spacial score (nSPS) is 11.3. The van der Waals surface area contributed by atoms with E-state index in [1.165, 1.54) is 5.56 Å². The van der Waals surface area contributed by atoms with Crippen molar-refractivity contribution in [1.29, 1.82) is 0 Å². The molecule has 0 fully saturated rings. The quantitative estimate of drug-likeness (QED) is 0.421. The van der Waals surface area contributed by atoms with E-state index in [4.69, 9.17) is 11.6 Å². The summed E-state index contributed by atoms with van der Waals surface area (Å²) in [5.74, 6) is 1.56. The standard InChI is InChI=1S/C17H14BrClN4S/c1-12-21-22-17(24-11-14-2-6-15(18)7-3-14)23(12)20-10-13-4-8-16(19)9-5-13/h2-10H,11H2,1H3/b20-10+. The third-order valence-corrected chi connectivity index (χ3v) is 5.01. The van der Waals surface area contributed by atoms with Crippen LogP contribution in [0, 0.1) is 6.92 Å². The highest BCUT2D eigenvalue weighted by atomic mass is 79.9. The lowest BCUT2D eigenvalue weighted by Crippen LogP contribution is -1.96. The average molecular weight is 422 g/mol. The summed E-state index contributed by atoms with van der Waals surface area (Å²) in [4.78, 5) is 0. The molecule has 0 aliphatic carbocycles. The van der Waals surface area contributed by atoms with Gasteiger partial charge in [0.05, 0.1) is 6.21 Å². The minimum Gasteiger partial charge on any atom is -0.192 e. The average Bonchev–Trinajstić information content (AvgIpc) is 2.94. The molecule has 0 aliphatic heterocycles. The van der Waals surface area contributed by atoms with Crippen LogP contribution >= 0.6 is 39.3 Å². The summed E-state index contributed by atoms with van der Waals surface area (Å²) < 4.78 is 2.82. The first-order valence-electron chi connectivity index (χ1n) is 7.21.